The average Bonchev–Trinajstić information content (AvgIpc) is 2.31. The molecule has 1 aromatic rings. The standard InChI is InChI=1S/C12H14F3NO3/c1-6-4-8(5-7(2)9(6)16)11(18,10(17)19-3)12(13,14)15/h4-5,18H,16H2,1-3H3. The topological polar surface area (TPSA) is 72.5 Å². The van der Waals surface area contributed by atoms with Gasteiger partial charge in [-0.25, -0.2) is 4.79 Å². The molecule has 0 bridgehead atoms. The summed E-state index contributed by atoms with van der Waals surface area (Å²) in [6, 6.07) is 2.04. The Bertz CT molecular complexity index is 490. The molecule has 0 saturated carbocycles. The number of methoxy groups -OCH3 is 1. The third-order valence-corrected chi connectivity index (χ3v) is 2.90. The molecule has 0 aliphatic heterocycles. The van der Waals surface area contributed by atoms with E-state index in [2.05, 4.69) is 4.74 Å². The Labute approximate surface area is 108 Å². The fourth-order valence-corrected chi connectivity index (χ4v) is 1.73. The summed E-state index contributed by atoms with van der Waals surface area (Å²) in [7, 11) is 0.774. The first-order valence-corrected chi connectivity index (χ1v) is 5.30. The van der Waals surface area contributed by atoms with Crippen LogP contribution in [0.1, 0.15) is 16.7 Å². The van der Waals surface area contributed by atoms with Gasteiger partial charge in [0.05, 0.1) is 7.11 Å². The second-order valence-electron chi connectivity index (χ2n) is 4.22. The van der Waals surface area contributed by atoms with E-state index in [1.54, 1.807) is 0 Å². The van der Waals surface area contributed by atoms with Gasteiger partial charge in [-0.2, -0.15) is 13.2 Å². The number of benzene rings is 1. The Hall–Kier alpha value is -1.76. The van der Waals surface area contributed by atoms with Crippen LogP contribution in [0.4, 0.5) is 18.9 Å². The number of aliphatic hydroxyl groups is 1. The number of carbonyl (C=O) groups is 1. The predicted octanol–water partition coefficient (Wildman–Crippen LogP) is 1.81. The summed E-state index contributed by atoms with van der Waals surface area (Å²) in [6.07, 6.45) is -5.20. The van der Waals surface area contributed by atoms with Crippen LogP contribution in [0.2, 0.25) is 0 Å². The van der Waals surface area contributed by atoms with Crippen LogP contribution in [-0.4, -0.2) is 24.4 Å². The number of esters is 1. The average molecular weight is 277 g/mol. The van der Waals surface area contributed by atoms with Crippen LogP contribution < -0.4 is 5.73 Å². The van der Waals surface area contributed by atoms with Crippen molar-refractivity contribution in [2.24, 2.45) is 0 Å². The van der Waals surface area contributed by atoms with Crippen LogP contribution in [-0.2, 0) is 15.1 Å². The maximum Gasteiger partial charge on any atom is 0.432 e. The lowest BCUT2D eigenvalue weighted by atomic mass is 9.89. The van der Waals surface area contributed by atoms with E-state index in [0.717, 1.165) is 19.2 Å². The number of nitrogens with two attached hydrogens (primary N) is 1. The minimum atomic E-state index is -5.20. The molecule has 0 amide bonds. The number of ether oxygens (including phenoxy) is 1. The van der Waals surface area contributed by atoms with Gasteiger partial charge in [-0.3, -0.25) is 0 Å². The molecule has 106 valence electrons. The molecule has 1 unspecified atom stereocenters. The fourth-order valence-electron chi connectivity index (χ4n) is 1.73. The van der Waals surface area contributed by atoms with E-state index in [9.17, 15) is 23.1 Å². The van der Waals surface area contributed by atoms with Crippen LogP contribution in [0.5, 0.6) is 0 Å². The number of carbonyl (C=O) groups excluding carboxylic acids is 1. The van der Waals surface area contributed by atoms with Gasteiger partial charge in [-0.1, -0.05) is 12.1 Å². The SMILES string of the molecule is COC(=O)C(O)(c1cc(C)c(N)c(C)c1)C(F)(F)F. The molecular weight excluding hydrogens is 263 g/mol. The molecule has 0 heterocycles. The lowest BCUT2D eigenvalue weighted by Gasteiger charge is -2.28. The van der Waals surface area contributed by atoms with Crippen molar-refractivity contribution in [3.8, 4) is 0 Å². The molecule has 0 fully saturated rings. The highest BCUT2D eigenvalue weighted by Gasteiger charge is 2.62. The fraction of sp³-hybridized carbons (Fsp3) is 0.417. The second kappa shape index (κ2) is 4.73. The Morgan fingerprint density at radius 2 is 1.68 bits per heavy atom. The van der Waals surface area contributed by atoms with Crippen LogP contribution in [0.15, 0.2) is 12.1 Å². The first-order valence-electron chi connectivity index (χ1n) is 5.30. The highest BCUT2D eigenvalue weighted by molar-refractivity contribution is 5.82. The number of hydrogen-bond acceptors (Lipinski definition) is 4. The zero-order valence-electron chi connectivity index (χ0n) is 10.6. The minimum absolute atomic E-state index is 0.304. The number of nitrogen functional groups attached to an aromatic ring is 1. The highest BCUT2D eigenvalue weighted by Crippen LogP contribution is 2.41. The van der Waals surface area contributed by atoms with E-state index in [1.807, 2.05) is 0 Å². The van der Waals surface area contributed by atoms with Crippen molar-refractivity contribution in [3.63, 3.8) is 0 Å². The van der Waals surface area contributed by atoms with Gasteiger partial charge in [-0.15, -0.1) is 0 Å². The molecule has 0 aliphatic rings. The van der Waals surface area contributed by atoms with Gasteiger partial charge in [0.1, 0.15) is 0 Å². The van der Waals surface area contributed by atoms with Crippen molar-refractivity contribution < 1.29 is 27.8 Å². The van der Waals surface area contributed by atoms with Gasteiger partial charge in [0.15, 0.2) is 0 Å². The molecule has 19 heavy (non-hydrogen) atoms. The monoisotopic (exact) mass is 277 g/mol. The van der Waals surface area contributed by atoms with Crippen molar-refractivity contribution in [2.75, 3.05) is 12.8 Å². The summed E-state index contributed by atoms with van der Waals surface area (Å²) in [6.45, 7) is 2.97. The van der Waals surface area contributed by atoms with Crippen LogP contribution >= 0.6 is 0 Å². The highest BCUT2D eigenvalue weighted by atomic mass is 19.4. The van der Waals surface area contributed by atoms with E-state index >= 15 is 0 Å². The van der Waals surface area contributed by atoms with Crippen molar-refractivity contribution in [2.45, 2.75) is 25.6 Å². The molecule has 0 spiro atoms. The van der Waals surface area contributed by atoms with Crippen molar-refractivity contribution in [1.82, 2.24) is 0 Å². The minimum Gasteiger partial charge on any atom is -0.466 e. The lowest BCUT2D eigenvalue weighted by Crippen LogP contribution is -2.50. The molecule has 3 N–H and O–H groups in total. The van der Waals surface area contributed by atoms with Gasteiger partial charge in [0, 0.05) is 11.3 Å². The number of halogens is 3. The van der Waals surface area contributed by atoms with Crippen molar-refractivity contribution in [1.29, 1.82) is 0 Å². The van der Waals surface area contributed by atoms with Crippen molar-refractivity contribution in [3.05, 3.63) is 28.8 Å². The molecular formula is C12H14F3NO3. The number of rotatable bonds is 2. The van der Waals surface area contributed by atoms with Gasteiger partial charge in [0.2, 0.25) is 0 Å². The van der Waals surface area contributed by atoms with E-state index in [0.29, 0.717) is 16.8 Å². The first kappa shape index (κ1) is 15.3. The molecule has 4 nitrogen and oxygen atoms in total. The number of anilines is 1. The van der Waals surface area contributed by atoms with Gasteiger partial charge >= 0.3 is 12.1 Å². The zero-order chi connectivity index (χ0) is 15.0. The third-order valence-electron chi connectivity index (χ3n) is 2.90. The number of alkyl halides is 3. The Kier molecular flexibility index (Phi) is 3.81. The quantitative estimate of drug-likeness (QED) is 0.638. The zero-order valence-corrected chi connectivity index (χ0v) is 10.6. The number of aryl methyl sites for hydroxylation is 2. The van der Waals surface area contributed by atoms with E-state index in [1.165, 1.54) is 13.8 Å². The summed E-state index contributed by atoms with van der Waals surface area (Å²) < 4.78 is 43.1. The predicted molar refractivity (Wildman–Crippen MR) is 62.3 cm³/mol. The van der Waals surface area contributed by atoms with E-state index in [4.69, 9.17) is 5.73 Å². The Balaban J connectivity index is 3.56. The summed E-state index contributed by atoms with van der Waals surface area (Å²) in [5, 5.41) is 9.79. The maximum absolute atomic E-state index is 13.0. The lowest BCUT2D eigenvalue weighted by molar-refractivity contribution is -0.266. The summed E-state index contributed by atoms with van der Waals surface area (Å²) >= 11 is 0. The van der Waals surface area contributed by atoms with Gasteiger partial charge < -0.3 is 15.6 Å². The molecule has 7 heteroatoms. The molecule has 1 rings (SSSR count). The third kappa shape index (κ3) is 2.37. The molecule has 1 aromatic carbocycles. The summed E-state index contributed by atoms with van der Waals surface area (Å²) in [4.78, 5) is 11.4. The molecule has 0 radical (unpaired) electrons. The Morgan fingerprint density at radius 1 is 1.26 bits per heavy atom. The smallest absolute Gasteiger partial charge is 0.432 e. The van der Waals surface area contributed by atoms with Crippen LogP contribution in [0.3, 0.4) is 0 Å². The van der Waals surface area contributed by atoms with Crippen molar-refractivity contribution >= 4 is 11.7 Å². The van der Waals surface area contributed by atoms with Crippen LogP contribution in [0.25, 0.3) is 0 Å². The second-order valence-corrected chi connectivity index (χ2v) is 4.22. The molecule has 1 atom stereocenters. The van der Waals surface area contributed by atoms with E-state index in [-0.39, 0.29) is 0 Å². The number of hydrogen-bond donors (Lipinski definition) is 2. The Morgan fingerprint density at radius 3 is 2.00 bits per heavy atom. The largest absolute Gasteiger partial charge is 0.466 e. The molecule has 0 aromatic heterocycles. The summed E-state index contributed by atoms with van der Waals surface area (Å²) in [5.41, 5.74) is 2.29. The van der Waals surface area contributed by atoms with Gasteiger partial charge in [0.25, 0.3) is 5.60 Å². The normalized spacial score (nSPS) is 14.9. The van der Waals surface area contributed by atoms with E-state index < -0.39 is 23.3 Å². The molecule has 0 saturated heterocycles. The molecule has 0 aliphatic carbocycles. The van der Waals surface area contributed by atoms with Crippen LogP contribution in [0, 0.1) is 13.8 Å². The first-order chi connectivity index (χ1) is 8.55. The van der Waals surface area contributed by atoms with Gasteiger partial charge in [-0.05, 0) is 25.0 Å². The maximum atomic E-state index is 13.0. The summed E-state index contributed by atoms with van der Waals surface area (Å²) in [5.74, 6) is -1.79.